The lowest BCUT2D eigenvalue weighted by Crippen LogP contribution is -2.26. The molecule has 2 aromatic heterocycles. The van der Waals surface area contributed by atoms with Gasteiger partial charge < -0.3 is 10.6 Å². The van der Waals surface area contributed by atoms with Crippen LogP contribution in [0.2, 0.25) is 0 Å². The molecule has 2 heterocycles. The average Bonchev–Trinajstić information content (AvgIpc) is 3.23. The third-order valence-corrected chi connectivity index (χ3v) is 6.31. The summed E-state index contributed by atoms with van der Waals surface area (Å²) >= 11 is 0. The molecule has 4 aromatic rings. The van der Waals surface area contributed by atoms with Crippen molar-refractivity contribution in [3.63, 3.8) is 0 Å². The van der Waals surface area contributed by atoms with Crippen molar-refractivity contribution in [2.24, 2.45) is 0 Å². The summed E-state index contributed by atoms with van der Waals surface area (Å²) in [5.74, 6) is 0.772. The molecule has 9 heteroatoms. The zero-order chi connectivity index (χ0) is 21.8. The van der Waals surface area contributed by atoms with Gasteiger partial charge in [-0.05, 0) is 18.2 Å². The molecule has 4 rings (SSSR count). The molecule has 0 aliphatic carbocycles. The van der Waals surface area contributed by atoms with Crippen molar-refractivity contribution in [2.45, 2.75) is 11.8 Å². The summed E-state index contributed by atoms with van der Waals surface area (Å²) in [6, 6.07) is 19.2. The largest absolute Gasteiger partial charge is 0.368 e. The molecule has 0 fully saturated rings. The summed E-state index contributed by atoms with van der Waals surface area (Å²) in [6.07, 6.45) is 1.48. The molecular weight excluding hydrogens is 414 g/mol. The average molecular weight is 436 g/mol. The third kappa shape index (κ3) is 4.26. The van der Waals surface area contributed by atoms with Gasteiger partial charge in [0.05, 0.1) is 10.3 Å². The van der Waals surface area contributed by atoms with Gasteiger partial charge in [0.2, 0.25) is 5.91 Å². The van der Waals surface area contributed by atoms with Gasteiger partial charge in [0, 0.05) is 31.8 Å². The highest BCUT2D eigenvalue weighted by Gasteiger charge is 2.22. The Morgan fingerprint density at radius 1 is 0.935 bits per heavy atom. The standard InChI is InChI=1S/C22H21N5O3S/c1-16(28)23-13-14-24-21-19-12-15-27(31(29,30)18-10-6-3-7-11-18)22(19)26-20(25-21)17-8-4-2-5-9-17/h2-12,15H,13-14H2,1H3,(H,23,28)(H,24,25,26). The number of fused-ring (bicyclic) bond motifs is 1. The molecule has 0 radical (unpaired) electrons. The second-order valence-electron chi connectivity index (χ2n) is 6.84. The number of nitrogens with zero attached hydrogens (tertiary/aromatic N) is 3. The van der Waals surface area contributed by atoms with Gasteiger partial charge in [0.15, 0.2) is 11.5 Å². The molecule has 0 atom stereocenters. The quantitative estimate of drug-likeness (QED) is 0.433. The van der Waals surface area contributed by atoms with Crippen LogP contribution < -0.4 is 10.6 Å². The summed E-state index contributed by atoms with van der Waals surface area (Å²) in [4.78, 5) is 20.5. The lowest BCUT2D eigenvalue weighted by molar-refractivity contribution is -0.118. The number of carbonyl (C=O) groups is 1. The minimum atomic E-state index is -3.83. The van der Waals surface area contributed by atoms with Gasteiger partial charge in [-0.15, -0.1) is 0 Å². The summed E-state index contributed by atoms with van der Waals surface area (Å²) < 4.78 is 27.6. The fourth-order valence-electron chi connectivity index (χ4n) is 3.16. The first-order chi connectivity index (χ1) is 15.0. The summed E-state index contributed by atoms with van der Waals surface area (Å²) in [6.45, 7) is 2.28. The van der Waals surface area contributed by atoms with Crippen LogP contribution in [0.4, 0.5) is 5.82 Å². The normalized spacial score (nSPS) is 11.4. The second kappa shape index (κ2) is 8.57. The number of hydrogen-bond donors (Lipinski definition) is 2. The van der Waals surface area contributed by atoms with Crippen LogP contribution in [0.5, 0.6) is 0 Å². The Morgan fingerprint density at radius 2 is 1.61 bits per heavy atom. The molecule has 0 saturated heterocycles. The Labute approximate surface area is 180 Å². The summed E-state index contributed by atoms with van der Waals surface area (Å²) in [5, 5.41) is 6.47. The number of hydrogen-bond acceptors (Lipinski definition) is 6. The van der Waals surface area contributed by atoms with Crippen molar-refractivity contribution in [1.29, 1.82) is 0 Å². The Balaban J connectivity index is 1.83. The lowest BCUT2D eigenvalue weighted by atomic mass is 10.2. The molecule has 2 aromatic carbocycles. The highest BCUT2D eigenvalue weighted by molar-refractivity contribution is 7.90. The molecule has 1 amide bonds. The second-order valence-corrected chi connectivity index (χ2v) is 8.65. The van der Waals surface area contributed by atoms with Gasteiger partial charge in [0.25, 0.3) is 10.0 Å². The monoisotopic (exact) mass is 435 g/mol. The van der Waals surface area contributed by atoms with E-state index in [0.29, 0.717) is 30.1 Å². The highest BCUT2D eigenvalue weighted by atomic mass is 32.2. The molecule has 0 saturated carbocycles. The number of rotatable bonds is 7. The Hall–Kier alpha value is -3.72. The molecule has 0 bridgehead atoms. The van der Waals surface area contributed by atoms with Crippen molar-refractivity contribution >= 4 is 32.8 Å². The van der Waals surface area contributed by atoms with Gasteiger partial charge in [-0.2, -0.15) is 0 Å². The molecule has 0 aliphatic heterocycles. The molecule has 0 unspecified atom stereocenters. The predicted molar refractivity (Wildman–Crippen MR) is 119 cm³/mol. The summed E-state index contributed by atoms with van der Waals surface area (Å²) in [7, 11) is -3.83. The maximum absolute atomic E-state index is 13.2. The third-order valence-electron chi connectivity index (χ3n) is 4.63. The van der Waals surface area contributed by atoms with Crippen molar-refractivity contribution < 1.29 is 13.2 Å². The first kappa shape index (κ1) is 20.5. The SMILES string of the molecule is CC(=O)NCCNc1nc(-c2ccccc2)nc2c1ccn2S(=O)(=O)c1ccccc1. The van der Waals surface area contributed by atoms with Gasteiger partial charge in [0.1, 0.15) is 5.82 Å². The van der Waals surface area contributed by atoms with Gasteiger partial charge in [-0.1, -0.05) is 48.5 Å². The highest BCUT2D eigenvalue weighted by Crippen LogP contribution is 2.28. The maximum Gasteiger partial charge on any atom is 0.269 e. The van der Waals surface area contributed by atoms with E-state index in [1.54, 1.807) is 36.4 Å². The Bertz CT molecular complexity index is 1320. The van der Waals surface area contributed by atoms with E-state index in [2.05, 4.69) is 20.6 Å². The Morgan fingerprint density at radius 3 is 2.29 bits per heavy atom. The van der Waals surface area contributed by atoms with Crippen molar-refractivity contribution in [3.05, 3.63) is 72.9 Å². The minimum absolute atomic E-state index is 0.125. The van der Waals surface area contributed by atoms with E-state index in [4.69, 9.17) is 0 Å². The van der Waals surface area contributed by atoms with Crippen LogP contribution in [-0.4, -0.2) is 41.4 Å². The number of amides is 1. The lowest BCUT2D eigenvalue weighted by Gasteiger charge is -2.11. The van der Waals surface area contributed by atoms with Crippen molar-refractivity contribution in [1.82, 2.24) is 19.3 Å². The predicted octanol–water partition coefficient (Wildman–Crippen LogP) is 2.88. The van der Waals surface area contributed by atoms with Crippen LogP contribution in [0.25, 0.3) is 22.4 Å². The van der Waals surface area contributed by atoms with E-state index < -0.39 is 10.0 Å². The molecule has 2 N–H and O–H groups in total. The first-order valence-corrected chi connectivity index (χ1v) is 11.1. The van der Waals surface area contributed by atoms with Crippen LogP contribution in [0.1, 0.15) is 6.92 Å². The first-order valence-electron chi connectivity index (χ1n) is 9.70. The van der Waals surface area contributed by atoms with Crippen molar-refractivity contribution in [2.75, 3.05) is 18.4 Å². The van der Waals surface area contributed by atoms with Gasteiger partial charge in [-0.3, -0.25) is 4.79 Å². The Kier molecular flexibility index (Phi) is 5.68. The number of anilines is 1. The maximum atomic E-state index is 13.2. The van der Waals surface area contributed by atoms with Crippen LogP contribution in [0.3, 0.4) is 0 Å². The zero-order valence-corrected chi connectivity index (χ0v) is 17.6. The molecular formula is C22H21N5O3S. The molecule has 8 nitrogen and oxygen atoms in total. The van der Waals surface area contributed by atoms with E-state index in [1.165, 1.54) is 17.1 Å². The zero-order valence-electron chi connectivity index (χ0n) is 16.8. The number of nitrogens with one attached hydrogen (secondary N) is 2. The smallest absolute Gasteiger partial charge is 0.269 e. The van der Waals surface area contributed by atoms with E-state index in [1.807, 2.05) is 30.3 Å². The molecule has 0 aliphatic rings. The van der Waals surface area contributed by atoms with Crippen molar-refractivity contribution in [3.8, 4) is 11.4 Å². The summed E-state index contributed by atoms with van der Waals surface area (Å²) in [5.41, 5.74) is 1.04. The van der Waals surface area contributed by atoms with Gasteiger partial charge in [-0.25, -0.2) is 22.4 Å². The number of aromatic nitrogens is 3. The van der Waals surface area contributed by atoms with Crippen LogP contribution >= 0.6 is 0 Å². The van der Waals surface area contributed by atoms with Crippen LogP contribution in [0.15, 0.2) is 77.8 Å². The van der Waals surface area contributed by atoms with E-state index in [-0.39, 0.29) is 16.4 Å². The number of carbonyl (C=O) groups excluding carboxylic acids is 1. The molecule has 0 spiro atoms. The van der Waals surface area contributed by atoms with Gasteiger partial charge >= 0.3 is 0 Å². The van der Waals surface area contributed by atoms with E-state index in [9.17, 15) is 13.2 Å². The number of benzene rings is 2. The van der Waals surface area contributed by atoms with E-state index in [0.717, 1.165) is 5.56 Å². The van der Waals surface area contributed by atoms with E-state index >= 15 is 0 Å². The fourth-order valence-corrected chi connectivity index (χ4v) is 4.48. The topological polar surface area (TPSA) is 106 Å². The minimum Gasteiger partial charge on any atom is -0.368 e. The fraction of sp³-hybridized carbons (Fsp3) is 0.136. The molecule has 158 valence electrons. The van der Waals surface area contributed by atoms with Crippen LogP contribution in [0, 0.1) is 0 Å². The molecule has 31 heavy (non-hydrogen) atoms. The van der Waals surface area contributed by atoms with Crippen LogP contribution in [-0.2, 0) is 14.8 Å².